The van der Waals surface area contributed by atoms with Crippen LogP contribution in [-0.4, -0.2) is 45.9 Å². The maximum atomic E-state index is 12.5. The Balaban J connectivity index is 1.79. The quantitative estimate of drug-likeness (QED) is 0.799. The zero-order valence-corrected chi connectivity index (χ0v) is 15.9. The molecule has 3 rings (SSSR count). The monoisotopic (exact) mass is 384 g/mol. The van der Waals surface area contributed by atoms with Gasteiger partial charge in [0.25, 0.3) is 0 Å². The average Bonchev–Trinajstić information content (AvgIpc) is 3.01. The Labute approximate surface area is 155 Å². The zero-order valence-electron chi connectivity index (χ0n) is 15.0. The number of nitrogens with one attached hydrogen (secondary N) is 1. The normalized spacial score (nSPS) is 18.8. The molecule has 1 unspecified atom stereocenters. The second kappa shape index (κ2) is 8.95. The van der Waals surface area contributed by atoms with Crippen molar-refractivity contribution in [1.29, 1.82) is 0 Å². The number of alkyl halides is 2. The van der Waals surface area contributed by atoms with Crippen LogP contribution >= 0.6 is 0 Å². The summed E-state index contributed by atoms with van der Waals surface area (Å²) in [6.07, 6.45) is 4.88. The van der Waals surface area contributed by atoms with Gasteiger partial charge in [-0.3, -0.25) is 0 Å². The molecular weight excluding hydrogens is 358 g/mol. The summed E-state index contributed by atoms with van der Waals surface area (Å²) in [4.78, 5) is 3.23. The van der Waals surface area contributed by atoms with Crippen molar-refractivity contribution in [2.24, 2.45) is 0 Å². The molecule has 0 saturated carbocycles. The summed E-state index contributed by atoms with van der Waals surface area (Å²) >= 11 is 0. The largest absolute Gasteiger partial charge is 0.493 e. The summed E-state index contributed by atoms with van der Waals surface area (Å²) in [5, 5.41) is 1.03. The third kappa shape index (κ3) is 4.82. The van der Waals surface area contributed by atoms with Gasteiger partial charge in [-0.2, -0.15) is 0 Å². The minimum atomic E-state index is -2.35. The van der Waals surface area contributed by atoms with E-state index in [0.29, 0.717) is 5.92 Å². The number of benzene rings is 1. The number of halogens is 2. The van der Waals surface area contributed by atoms with E-state index in [-0.39, 0.29) is 13.0 Å². The SMILES string of the molecule is CS(=O)N1CCCC(c2cc3[nH]ccc3cc2OCCC(F)F)CCC1. The molecule has 144 valence electrons. The molecule has 1 N–H and O–H groups in total. The second-order valence-electron chi connectivity index (χ2n) is 6.82. The molecule has 0 amide bonds. The van der Waals surface area contributed by atoms with Crippen LogP contribution in [0.2, 0.25) is 0 Å². The van der Waals surface area contributed by atoms with Crippen molar-refractivity contribution in [3.8, 4) is 5.75 Å². The van der Waals surface area contributed by atoms with Gasteiger partial charge in [0.1, 0.15) is 5.75 Å². The van der Waals surface area contributed by atoms with Crippen LogP contribution < -0.4 is 4.74 Å². The van der Waals surface area contributed by atoms with Gasteiger partial charge in [0.05, 0.1) is 17.6 Å². The molecule has 1 saturated heterocycles. The predicted molar refractivity (Wildman–Crippen MR) is 101 cm³/mol. The number of H-pyrrole nitrogens is 1. The molecule has 1 fully saturated rings. The number of rotatable bonds is 6. The fraction of sp³-hybridized carbons (Fsp3) is 0.579. The van der Waals surface area contributed by atoms with E-state index in [1.807, 2.05) is 22.6 Å². The standard InChI is InChI=1S/C19H26F2N2O2S/c1-26(24)23-9-2-4-14(5-3-10-23)16-13-17-15(6-8-22-17)12-18(16)25-11-7-19(20)21/h6,8,12-14,19,22H,2-5,7,9-11H2,1H3. The number of hydrogen-bond donors (Lipinski definition) is 1. The molecular formula is C19H26F2N2O2S. The van der Waals surface area contributed by atoms with Crippen LogP contribution in [0.3, 0.4) is 0 Å². The molecule has 0 radical (unpaired) electrons. The fourth-order valence-electron chi connectivity index (χ4n) is 3.65. The number of ether oxygens (including phenoxy) is 1. The first-order valence-corrected chi connectivity index (χ1v) is 10.7. The van der Waals surface area contributed by atoms with Gasteiger partial charge in [-0.15, -0.1) is 0 Å². The summed E-state index contributed by atoms with van der Waals surface area (Å²) < 4.78 is 44.5. The van der Waals surface area contributed by atoms with Gasteiger partial charge in [-0.1, -0.05) is 0 Å². The molecule has 1 aliphatic heterocycles. The smallest absolute Gasteiger partial charge is 0.241 e. The summed E-state index contributed by atoms with van der Waals surface area (Å²) in [6.45, 7) is 1.67. The van der Waals surface area contributed by atoms with E-state index in [1.54, 1.807) is 6.26 Å². The third-order valence-electron chi connectivity index (χ3n) is 5.00. The minimum absolute atomic E-state index is 0.0237. The van der Waals surface area contributed by atoms with E-state index < -0.39 is 17.4 Å². The Morgan fingerprint density at radius 1 is 1.31 bits per heavy atom. The van der Waals surface area contributed by atoms with Crippen molar-refractivity contribution in [3.63, 3.8) is 0 Å². The lowest BCUT2D eigenvalue weighted by Crippen LogP contribution is -2.29. The van der Waals surface area contributed by atoms with E-state index >= 15 is 0 Å². The lowest BCUT2D eigenvalue weighted by molar-refractivity contribution is 0.113. The van der Waals surface area contributed by atoms with Crippen molar-refractivity contribution in [3.05, 3.63) is 30.0 Å². The van der Waals surface area contributed by atoms with Gasteiger partial charge in [0.2, 0.25) is 6.43 Å². The molecule has 0 bridgehead atoms. The first-order valence-electron chi connectivity index (χ1n) is 9.15. The van der Waals surface area contributed by atoms with E-state index in [0.717, 1.165) is 61.0 Å². The summed E-state index contributed by atoms with van der Waals surface area (Å²) in [5.74, 6) is 1.05. The lowest BCUT2D eigenvalue weighted by Gasteiger charge is -2.27. The van der Waals surface area contributed by atoms with Crippen LogP contribution in [0.25, 0.3) is 10.9 Å². The highest BCUT2D eigenvalue weighted by Crippen LogP contribution is 2.37. The molecule has 4 nitrogen and oxygen atoms in total. The number of aromatic nitrogens is 1. The maximum absolute atomic E-state index is 12.5. The Morgan fingerprint density at radius 2 is 2.04 bits per heavy atom. The Hall–Kier alpha value is -1.47. The minimum Gasteiger partial charge on any atom is -0.493 e. The van der Waals surface area contributed by atoms with E-state index in [4.69, 9.17) is 4.74 Å². The molecule has 1 atom stereocenters. The van der Waals surface area contributed by atoms with Gasteiger partial charge in [-0.25, -0.2) is 17.3 Å². The maximum Gasteiger partial charge on any atom is 0.241 e. The van der Waals surface area contributed by atoms with Crippen LogP contribution in [0.15, 0.2) is 24.4 Å². The molecule has 0 spiro atoms. The highest BCUT2D eigenvalue weighted by molar-refractivity contribution is 7.81. The van der Waals surface area contributed by atoms with E-state index in [9.17, 15) is 13.0 Å². The number of fused-ring (bicyclic) bond motifs is 1. The zero-order chi connectivity index (χ0) is 18.5. The summed E-state index contributed by atoms with van der Waals surface area (Å²) in [5.41, 5.74) is 2.14. The summed E-state index contributed by atoms with van der Waals surface area (Å²) in [7, 11) is -0.920. The number of aromatic amines is 1. The van der Waals surface area contributed by atoms with Crippen LogP contribution in [0, 0.1) is 0 Å². The molecule has 1 aliphatic rings. The molecule has 2 aromatic rings. The first kappa shape index (κ1) is 19.3. The van der Waals surface area contributed by atoms with Crippen LogP contribution in [0.4, 0.5) is 8.78 Å². The van der Waals surface area contributed by atoms with Crippen molar-refractivity contribution in [2.45, 2.75) is 44.4 Å². The van der Waals surface area contributed by atoms with Gasteiger partial charge in [0, 0.05) is 42.9 Å². The topological polar surface area (TPSA) is 45.3 Å². The number of hydrogen-bond acceptors (Lipinski definition) is 2. The molecule has 1 aromatic carbocycles. The summed E-state index contributed by atoms with van der Waals surface area (Å²) in [6, 6.07) is 6.03. The van der Waals surface area contributed by atoms with Crippen molar-refractivity contribution in [2.75, 3.05) is 26.0 Å². The molecule has 1 aromatic heterocycles. The molecule has 0 aliphatic carbocycles. The first-order chi connectivity index (χ1) is 12.5. The molecule has 7 heteroatoms. The molecule has 2 heterocycles. The highest BCUT2D eigenvalue weighted by Gasteiger charge is 2.22. The predicted octanol–water partition coefficient (Wildman–Crippen LogP) is 4.46. The lowest BCUT2D eigenvalue weighted by atomic mass is 9.88. The Kier molecular flexibility index (Phi) is 6.64. The van der Waals surface area contributed by atoms with Crippen molar-refractivity contribution >= 4 is 21.9 Å². The number of nitrogens with zero attached hydrogens (tertiary/aromatic N) is 1. The van der Waals surface area contributed by atoms with Gasteiger partial charge in [-0.05, 0) is 55.4 Å². The molecule has 26 heavy (non-hydrogen) atoms. The van der Waals surface area contributed by atoms with Gasteiger partial charge >= 0.3 is 0 Å². The highest BCUT2D eigenvalue weighted by atomic mass is 32.2. The van der Waals surface area contributed by atoms with Gasteiger partial charge in [0.15, 0.2) is 0 Å². The average molecular weight is 384 g/mol. The van der Waals surface area contributed by atoms with Crippen molar-refractivity contribution < 1.29 is 17.7 Å². The van der Waals surface area contributed by atoms with Gasteiger partial charge < -0.3 is 9.72 Å². The Bertz CT molecular complexity index is 740. The van der Waals surface area contributed by atoms with Crippen LogP contribution in [-0.2, 0) is 11.0 Å². The van der Waals surface area contributed by atoms with E-state index in [1.165, 1.54) is 0 Å². The van der Waals surface area contributed by atoms with Crippen LogP contribution in [0.5, 0.6) is 5.75 Å². The van der Waals surface area contributed by atoms with Crippen molar-refractivity contribution in [1.82, 2.24) is 9.29 Å². The second-order valence-corrected chi connectivity index (χ2v) is 8.18. The van der Waals surface area contributed by atoms with Crippen LogP contribution in [0.1, 0.15) is 43.6 Å². The third-order valence-corrected chi connectivity index (χ3v) is 6.09. The van der Waals surface area contributed by atoms with E-state index in [2.05, 4.69) is 11.1 Å². The fourth-order valence-corrected chi connectivity index (χ4v) is 4.42. The Morgan fingerprint density at radius 3 is 2.69 bits per heavy atom.